The van der Waals surface area contributed by atoms with Crippen LogP contribution in [0.2, 0.25) is 0 Å². The topological polar surface area (TPSA) is 42.9 Å². The second-order valence-electron chi connectivity index (χ2n) is 3.45. The highest BCUT2D eigenvalue weighted by Crippen LogP contribution is 2.21. The lowest BCUT2D eigenvalue weighted by atomic mass is 9.94. The molecule has 0 amide bonds. The van der Waals surface area contributed by atoms with Gasteiger partial charge in [-0.25, -0.2) is 9.97 Å². The molecule has 2 rings (SSSR count). The Morgan fingerprint density at radius 1 is 1.15 bits per heavy atom. The van der Waals surface area contributed by atoms with Gasteiger partial charge in [0.1, 0.15) is 5.82 Å². The second kappa shape index (κ2) is 2.91. The fourth-order valence-electron chi connectivity index (χ4n) is 1.87. The summed E-state index contributed by atoms with van der Waals surface area (Å²) in [5.41, 5.74) is 2.56. The molecule has 3 nitrogen and oxygen atoms in total. The van der Waals surface area contributed by atoms with E-state index in [2.05, 4.69) is 9.97 Å². The third-order valence-electron chi connectivity index (χ3n) is 2.37. The van der Waals surface area contributed by atoms with Crippen molar-refractivity contribution in [1.29, 1.82) is 0 Å². The highest BCUT2D eigenvalue weighted by Gasteiger charge is 2.21. The van der Waals surface area contributed by atoms with Crippen LogP contribution < -0.4 is 0 Å². The Morgan fingerprint density at radius 3 is 2.69 bits per heavy atom. The molecular weight excluding hydrogens is 164 g/mol. The molecule has 1 aliphatic rings. The second-order valence-corrected chi connectivity index (χ2v) is 3.45. The van der Waals surface area contributed by atoms with Crippen LogP contribution in [0.4, 0.5) is 0 Å². The minimum Gasteiger partial charge on any atom is -0.294 e. The highest BCUT2D eigenvalue weighted by molar-refractivity contribution is 5.98. The number of hydrogen-bond donors (Lipinski definition) is 0. The van der Waals surface area contributed by atoms with Crippen LogP contribution in [0.25, 0.3) is 0 Å². The summed E-state index contributed by atoms with van der Waals surface area (Å²) in [6.07, 6.45) is 2.51. The van der Waals surface area contributed by atoms with E-state index in [9.17, 15) is 4.79 Å². The molecule has 1 aromatic rings. The van der Waals surface area contributed by atoms with Gasteiger partial charge >= 0.3 is 0 Å². The molecule has 1 aromatic heterocycles. The molecule has 3 heteroatoms. The maximum atomic E-state index is 11.5. The molecule has 0 fully saturated rings. The van der Waals surface area contributed by atoms with Gasteiger partial charge in [0, 0.05) is 6.42 Å². The maximum absolute atomic E-state index is 11.5. The summed E-state index contributed by atoms with van der Waals surface area (Å²) in [5.74, 6) is 0.977. The summed E-state index contributed by atoms with van der Waals surface area (Å²) in [7, 11) is 0. The van der Waals surface area contributed by atoms with Crippen LogP contribution in [0, 0.1) is 13.8 Å². The Bertz CT molecular complexity index is 371. The van der Waals surface area contributed by atoms with Gasteiger partial charge in [-0.2, -0.15) is 0 Å². The first-order valence-electron chi connectivity index (χ1n) is 4.56. The monoisotopic (exact) mass is 176 g/mol. The van der Waals surface area contributed by atoms with Crippen molar-refractivity contribution in [2.75, 3.05) is 0 Å². The Kier molecular flexibility index (Phi) is 1.87. The summed E-state index contributed by atoms with van der Waals surface area (Å²) in [5, 5.41) is 0. The molecule has 0 saturated carbocycles. The largest absolute Gasteiger partial charge is 0.294 e. The minimum absolute atomic E-state index is 0.207. The van der Waals surface area contributed by atoms with Gasteiger partial charge in [-0.05, 0) is 26.7 Å². The van der Waals surface area contributed by atoms with E-state index in [-0.39, 0.29) is 5.78 Å². The predicted molar refractivity (Wildman–Crippen MR) is 48.8 cm³/mol. The number of ketones is 1. The van der Waals surface area contributed by atoms with Gasteiger partial charge in [-0.1, -0.05) is 0 Å². The standard InChI is InChI=1S/C10H12N2O/c1-6-10-8(12-7(2)11-6)4-3-5-9(10)13/h3-5H2,1-2H3. The Morgan fingerprint density at radius 2 is 1.92 bits per heavy atom. The molecule has 0 radical (unpaired) electrons. The van der Waals surface area contributed by atoms with E-state index in [1.54, 1.807) is 0 Å². The van der Waals surface area contributed by atoms with Crippen LogP contribution in [0.3, 0.4) is 0 Å². The summed E-state index contributed by atoms with van der Waals surface area (Å²) in [4.78, 5) is 20.0. The number of rotatable bonds is 0. The number of aryl methyl sites for hydroxylation is 3. The fourth-order valence-corrected chi connectivity index (χ4v) is 1.87. The summed E-state index contributed by atoms with van der Waals surface area (Å²) < 4.78 is 0. The SMILES string of the molecule is Cc1nc(C)c2c(n1)CCCC2=O. The first-order chi connectivity index (χ1) is 6.18. The first-order valence-corrected chi connectivity index (χ1v) is 4.56. The molecule has 0 atom stereocenters. The summed E-state index contributed by atoms with van der Waals surface area (Å²) >= 11 is 0. The molecule has 68 valence electrons. The van der Waals surface area contributed by atoms with Crippen LogP contribution in [-0.2, 0) is 6.42 Å². The van der Waals surface area contributed by atoms with Gasteiger partial charge in [0.15, 0.2) is 5.78 Å². The molecule has 1 aliphatic carbocycles. The van der Waals surface area contributed by atoms with Crippen molar-refractivity contribution in [2.24, 2.45) is 0 Å². The molecule has 1 heterocycles. The Hall–Kier alpha value is -1.25. The number of nitrogens with zero attached hydrogens (tertiary/aromatic N) is 2. The lowest BCUT2D eigenvalue weighted by molar-refractivity contribution is 0.0970. The third kappa shape index (κ3) is 1.34. The number of hydrogen-bond acceptors (Lipinski definition) is 3. The minimum atomic E-state index is 0.207. The molecule has 0 aliphatic heterocycles. The maximum Gasteiger partial charge on any atom is 0.166 e. The number of carbonyl (C=O) groups excluding carboxylic acids is 1. The van der Waals surface area contributed by atoms with Crippen LogP contribution in [0.5, 0.6) is 0 Å². The van der Waals surface area contributed by atoms with E-state index < -0.39 is 0 Å². The lowest BCUT2D eigenvalue weighted by Crippen LogP contribution is -2.16. The van der Waals surface area contributed by atoms with E-state index in [4.69, 9.17) is 0 Å². The van der Waals surface area contributed by atoms with Gasteiger partial charge < -0.3 is 0 Å². The average Bonchev–Trinajstić information content (AvgIpc) is 2.02. The lowest BCUT2D eigenvalue weighted by Gasteiger charge is -2.15. The fraction of sp³-hybridized carbons (Fsp3) is 0.500. The zero-order valence-corrected chi connectivity index (χ0v) is 7.92. The predicted octanol–water partition coefficient (Wildman–Crippen LogP) is 1.61. The molecule has 0 saturated heterocycles. The number of fused-ring (bicyclic) bond motifs is 1. The zero-order chi connectivity index (χ0) is 9.42. The van der Waals surface area contributed by atoms with Crippen molar-refractivity contribution >= 4 is 5.78 Å². The van der Waals surface area contributed by atoms with Gasteiger partial charge in [-0.15, -0.1) is 0 Å². The smallest absolute Gasteiger partial charge is 0.166 e. The Balaban J connectivity index is 2.63. The molecule has 13 heavy (non-hydrogen) atoms. The zero-order valence-electron chi connectivity index (χ0n) is 7.92. The third-order valence-corrected chi connectivity index (χ3v) is 2.37. The van der Waals surface area contributed by atoms with E-state index in [1.165, 1.54) is 0 Å². The van der Waals surface area contributed by atoms with E-state index in [1.807, 2.05) is 13.8 Å². The van der Waals surface area contributed by atoms with Gasteiger partial charge in [-0.3, -0.25) is 4.79 Å². The highest BCUT2D eigenvalue weighted by atomic mass is 16.1. The molecule has 0 spiro atoms. The Labute approximate surface area is 77.2 Å². The van der Waals surface area contributed by atoms with Crippen LogP contribution >= 0.6 is 0 Å². The van der Waals surface area contributed by atoms with E-state index >= 15 is 0 Å². The van der Waals surface area contributed by atoms with Crippen LogP contribution in [0.15, 0.2) is 0 Å². The van der Waals surface area contributed by atoms with Crippen molar-refractivity contribution in [3.05, 3.63) is 22.8 Å². The first kappa shape index (κ1) is 8.35. The molecule has 0 unspecified atom stereocenters. The van der Waals surface area contributed by atoms with Gasteiger partial charge in [0.25, 0.3) is 0 Å². The van der Waals surface area contributed by atoms with Crippen molar-refractivity contribution in [2.45, 2.75) is 33.1 Å². The van der Waals surface area contributed by atoms with Crippen molar-refractivity contribution in [1.82, 2.24) is 9.97 Å². The molecule has 0 bridgehead atoms. The van der Waals surface area contributed by atoms with Crippen LogP contribution in [0.1, 0.15) is 40.4 Å². The number of Topliss-reactive ketones (excluding diaryl/α,β-unsaturated/α-hetero) is 1. The van der Waals surface area contributed by atoms with Gasteiger partial charge in [0.2, 0.25) is 0 Å². The van der Waals surface area contributed by atoms with Crippen molar-refractivity contribution in [3.63, 3.8) is 0 Å². The normalized spacial score (nSPS) is 15.7. The summed E-state index contributed by atoms with van der Waals surface area (Å²) in [6, 6.07) is 0. The summed E-state index contributed by atoms with van der Waals surface area (Å²) in [6.45, 7) is 3.75. The molecule has 0 aromatic carbocycles. The van der Waals surface area contributed by atoms with E-state index in [0.717, 1.165) is 35.6 Å². The quantitative estimate of drug-likeness (QED) is 0.603. The van der Waals surface area contributed by atoms with Crippen molar-refractivity contribution < 1.29 is 4.79 Å². The molecule has 0 N–H and O–H groups in total. The average molecular weight is 176 g/mol. The number of aromatic nitrogens is 2. The van der Waals surface area contributed by atoms with Crippen molar-refractivity contribution in [3.8, 4) is 0 Å². The van der Waals surface area contributed by atoms with Gasteiger partial charge in [0.05, 0.1) is 17.0 Å². The van der Waals surface area contributed by atoms with E-state index in [0.29, 0.717) is 6.42 Å². The molecular formula is C10H12N2O. The van der Waals surface area contributed by atoms with Crippen LogP contribution in [-0.4, -0.2) is 15.8 Å². The number of carbonyl (C=O) groups is 1.